The van der Waals surface area contributed by atoms with Crippen LogP contribution in [0.2, 0.25) is 0 Å². The number of halogens is 1. The van der Waals surface area contributed by atoms with E-state index in [1.54, 1.807) is 13.0 Å². The SMILES string of the molecule is Cc1cc(S(=O)(=O)Nc2ccc(C(=O)O)s2)ccc1Br. The number of carboxylic acid groups (broad SMARTS) is 1. The summed E-state index contributed by atoms with van der Waals surface area (Å²) in [6, 6.07) is 7.46. The molecule has 0 radical (unpaired) electrons. The Morgan fingerprint density at radius 2 is 2.00 bits per heavy atom. The van der Waals surface area contributed by atoms with Crippen molar-refractivity contribution in [1.82, 2.24) is 0 Å². The summed E-state index contributed by atoms with van der Waals surface area (Å²) in [6.45, 7) is 1.79. The van der Waals surface area contributed by atoms with Crippen molar-refractivity contribution >= 4 is 48.3 Å². The van der Waals surface area contributed by atoms with Crippen LogP contribution in [0.3, 0.4) is 0 Å². The first-order chi connectivity index (χ1) is 9.29. The van der Waals surface area contributed by atoms with E-state index in [4.69, 9.17) is 5.11 Å². The van der Waals surface area contributed by atoms with E-state index in [2.05, 4.69) is 20.7 Å². The van der Waals surface area contributed by atoms with Gasteiger partial charge in [-0.2, -0.15) is 0 Å². The highest BCUT2D eigenvalue weighted by molar-refractivity contribution is 9.10. The normalized spacial score (nSPS) is 11.3. The van der Waals surface area contributed by atoms with Gasteiger partial charge >= 0.3 is 5.97 Å². The summed E-state index contributed by atoms with van der Waals surface area (Å²) < 4.78 is 27.5. The second kappa shape index (κ2) is 5.55. The molecule has 0 bridgehead atoms. The lowest BCUT2D eigenvalue weighted by Gasteiger charge is -2.07. The fraction of sp³-hybridized carbons (Fsp3) is 0.0833. The predicted molar refractivity (Wildman–Crippen MR) is 81.0 cm³/mol. The first kappa shape index (κ1) is 15.0. The molecule has 0 aliphatic heterocycles. The molecule has 1 heterocycles. The van der Waals surface area contributed by atoms with Crippen molar-refractivity contribution in [2.24, 2.45) is 0 Å². The highest BCUT2D eigenvalue weighted by Gasteiger charge is 2.17. The van der Waals surface area contributed by atoms with Crippen molar-refractivity contribution in [3.8, 4) is 0 Å². The molecule has 0 spiro atoms. The number of carboxylic acids is 1. The lowest BCUT2D eigenvalue weighted by atomic mass is 10.2. The van der Waals surface area contributed by atoms with E-state index < -0.39 is 16.0 Å². The average molecular weight is 376 g/mol. The number of hydrogen-bond acceptors (Lipinski definition) is 4. The molecule has 8 heteroatoms. The number of nitrogens with one attached hydrogen (secondary N) is 1. The van der Waals surface area contributed by atoms with Gasteiger partial charge in [-0.05, 0) is 42.8 Å². The molecule has 0 unspecified atom stereocenters. The number of carbonyl (C=O) groups is 1. The zero-order valence-electron chi connectivity index (χ0n) is 10.3. The van der Waals surface area contributed by atoms with E-state index in [0.29, 0.717) is 0 Å². The van der Waals surface area contributed by atoms with Gasteiger partial charge in [0.15, 0.2) is 0 Å². The third kappa shape index (κ3) is 3.20. The van der Waals surface area contributed by atoms with Crippen molar-refractivity contribution in [3.63, 3.8) is 0 Å². The molecule has 0 aliphatic carbocycles. The summed E-state index contributed by atoms with van der Waals surface area (Å²) in [5.41, 5.74) is 0.797. The number of anilines is 1. The Hall–Kier alpha value is -1.38. The number of rotatable bonds is 4. The fourth-order valence-electron chi connectivity index (χ4n) is 1.48. The van der Waals surface area contributed by atoms with E-state index in [1.165, 1.54) is 24.3 Å². The highest BCUT2D eigenvalue weighted by Crippen LogP contribution is 2.26. The van der Waals surface area contributed by atoms with Gasteiger partial charge in [-0.15, -0.1) is 11.3 Å². The molecule has 0 amide bonds. The van der Waals surface area contributed by atoms with Crippen LogP contribution in [0.25, 0.3) is 0 Å². The van der Waals surface area contributed by atoms with Gasteiger partial charge in [0.2, 0.25) is 0 Å². The molecule has 2 aromatic rings. The topological polar surface area (TPSA) is 83.5 Å². The molecule has 0 saturated carbocycles. The molecule has 106 valence electrons. The van der Waals surface area contributed by atoms with Gasteiger partial charge in [0.25, 0.3) is 10.0 Å². The largest absolute Gasteiger partial charge is 0.477 e. The number of benzene rings is 1. The van der Waals surface area contributed by atoms with Crippen LogP contribution in [0.4, 0.5) is 5.00 Å². The maximum atomic E-state index is 12.2. The van der Waals surface area contributed by atoms with Crippen molar-refractivity contribution in [2.75, 3.05) is 4.72 Å². The van der Waals surface area contributed by atoms with Gasteiger partial charge in [0, 0.05) is 4.47 Å². The maximum absolute atomic E-state index is 12.2. The minimum atomic E-state index is -3.72. The molecule has 20 heavy (non-hydrogen) atoms. The molecule has 0 fully saturated rings. The molecule has 0 atom stereocenters. The minimum Gasteiger partial charge on any atom is -0.477 e. The summed E-state index contributed by atoms with van der Waals surface area (Å²) in [4.78, 5) is 11.0. The second-order valence-corrected chi connectivity index (χ2v) is 7.61. The van der Waals surface area contributed by atoms with E-state index in [0.717, 1.165) is 21.4 Å². The standard InChI is InChI=1S/C12H10BrNO4S2/c1-7-6-8(2-3-9(7)13)20(17,18)14-11-5-4-10(19-11)12(15)16/h2-6,14H,1H3,(H,15,16). The first-order valence-electron chi connectivity index (χ1n) is 5.42. The smallest absolute Gasteiger partial charge is 0.345 e. The Morgan fingerprint density at radius 3 is 2.55 bits per heavy atom. The summed E-state index contributed by atoms with van der Waals surface area (Å²) in [7, 11) is -3.72. The Labute approximate surface area is 128 Å². The van der Waals surface area contributed by atoms with Gasteiger partial charge in [-0.25, -0.2) is 13.2 Å². The third-order valence-electron chi connectivity index (χ3n) is 2.49. The highest BCUT2D eigenvalue weighted by atomic mass is 79.9. The van der Waals surface area contributed by atoms with Crippen LogP contribution >= 0.6 is 27.3 Å². The third-order valence-corrected chi connectivity index (χ3v) is 5.86. The summed E-state index contributed by atoms with van der Waals surface area (Å²) in [6.07, 6.45) is 0. The Balaban J connectivity index is 2.30. The van der Waals surface area contributed by atoms with Gasteiger partial charge < -0.3 is 5.11 Å². The second-order valence-electron chi connectivity index (χ2n) is 3.99. The lowest BCUT2D eigenvalue weighted by Crippen LogP contribution is -2.12. The number of sulfonamides is 1. The summed E-state index contributed by atoms with van der Waals surface area (Å²) in [5.74, 6) is -1.08. The van der Waals surface area contributed by atoms with Crippen LogP contribution < -0.4 is 4.72 Å². The van der Waals surface area contributed by atoms with Crippen molar-refractivity contribution in [2.45, 2.75) is 11.8 Å². The fourth-order valence-corrected chi connectivity index (χ4v) is 3.85. The van der Waals surface area contributed by atoms with Crippen molar-refractivity contribution < 1.29 is 18.3 Å². The number of aromatic carboxylic acids is 1. The molecule has 2 N–H and O–H groups in total. The average Bonchev–Trinajstić information content (AvgIpc) is 2.80. The molecular formula is C12H10BrNO4S2. The lowest BCUT2D eigenvalue weighted by molar-refractivity contribution is 0.0702. The number of hydrogen-bond donors (Lipinski definition) is 2. The summed E-state index contributed by atoms with van der Waals surface area (Å²) >= 11 is 4.17. The molecule has 5 nitrogen and oxygen atoms in total. The first-order valence-corrected chi connectivity index (χ1v) is 8.51. The van der Waals surface area contributed by atoms with Crippen LogP contribution in [0, 0.1) is 6.92 Å². The molecule has 1 aromatic carbocycles. The van der Waals surface area contributed by atoms with E-state index in [-0.39, 0.29) is 14.8 Å². The molecule has 0 saturated heterocycles. The van der Waals surface area contributed by atoms with E-state index in [9.17, 15) is 13.2 Å². The van der Waals surface area contributed by atoms with Gasteiger partial charge in [-0.1, -0.05) is 15.9 Å². The summed E-state index contributed by atoms with van der Waals surface area (Å²) in [5, 5.41) is 9.08. The zero-order valence-corrected chi connectivity index (χ0v) is 13.5. The van der Waals surface area contributed by atoms with E-state index >= 15 is 0 Å². The van der Waals surface area contributed by atoms with Crippen LogP contribution in [0.5, 0.6) is 0 Å². The van der Waals surface area contributed by atoms with Crippen LogP contribution in [-0.4, -0.2) is 19.5 Å². The molecular weight excluding hydrogens is 366 g/mol. The number of thiophene rings is 1. The van der Waals surface area contributed by atoms with Gasteiger partial charge in [0.05, 0.1) is 4.90 Å². The van der Waals surface area contributed by atoms with E-state index in [1.807, 2.05) is 0 Å². The van der Waals surface area contributed by atoms with Crippen LogP contribution in [0.1, 0.15) is 15.2 Å². The number of aryl methyl sites for hydroxylation is 1. The van der Waals surface area contributed by atoms with Gasteiger partial charge in [-0.3, -0.25) is 4.72 Å². The van der Waals surface area contributed by atoms with Gasteiger partial charge in [0.1, 0.15) is 9.88 Å². The molecule has 1 aromatic heterocycles. The molecule has 2 rings (SSSR count). The molecule has 0 aliphatic rings. The quantitative estimate of drug-likeness (QED) is 0.858. The Bertz CT molecular complexity index is 768. The van der Waals surface area contributed by atoms with Crippen LogP contribution in [-0.2, 0) is 10.0 Å². The van der Waals surface area contributed by atoms with Crippen LogP contribution in [0.15, 0.2) is 39.7 Å². The zero-order chi connectivity index (χ0) is 14.9. The minimum absolute atomic E-state index is 0.0784. The monoisotopic (exact) mass is 375 g/mol. The van der Waals surface area contributed by atoms with Crippen molar-refractivity contribution in [1.29, 1.82) is 0 Å². The van der Waals surface area contributed by atoms with Crippen molar-refractivity contribution in [3.05, 3.63) is 45.2 Å². The maximum Gasteiger partial charge on any atom is 0.345 e. The Kier molecular flexibility index (Phi) is 4.17. The predicted octanol–water partition coefficient (Wildman–Crippen LogP) is 3.32. The Morgan fingerprint density at radius 1 is 1.30 bits per heavy atom.